The van der Waals surface area contributed by atoms with Crippen LogP contribution in [0.1, 0.15) is 53.2 Å². The van der Waals surface area contributed by atoms with Gasteiger partial charge in [0.15, 0.2) is 0 Å². The Labute approximate surface area is 173 Å². The molecule has 1 N–H and O–H groups in total. The van der Waals surface area contributed by atoms with Crippen LogP contribution in [0, 0.1) is 0 Å². The molecule has 29 heavy (non-hydrogen) atoms. The highest BCUT2D eigenvalue weighted by molar-refractivity contribution is 6.34. The van der Waals surface area contributed by atoms with E-state index in [1.807, 2.05) is 37.4 Å². The highest BCUT2D eigenvalue weighted by Crippen LogP contribution is 2.36. The van der Waals surface area contributed by atoms with Crippen molar-refractivity contribution >= 4 is 17.5 Å². The summed E-state index contributed by atoms with van der Waals surface area (Å²) in [4.78, 5) is 15.2. The Hall–Kier alpha value is -2.05. The Morgan fingerprint density at radius 1 is 1.10 bits per heavy atom. The molecule has 1 saturated heterocycles. The van der Waals surface area contributed by atoms with Crippen LogP contribution in [0.25, 0.3) is 0 Å². The zero-order valence-electron chi connectivity index (χ0n) is 16.2. The maximum atomic E-state index is 13.2. The van der Waals surface area contributed by atoms with Crippen molar-refractivity contribution in [3.8, 4) is 0 Å². The van der Waals surface area contributed by atoms with Crippen molar-refractivity contribution in [3.63, 3.8) is 0 Å². The molecular weight excluding hydrogens is 401 g/mol. The largest absolute Gasteiger partial charge is 0.417 e. The molecule has 2 aromatic rings. The van der Waals surface area contributed by atoms with Gasteiger partial charge in [-0.05, 0) is 44.1 Å². The molecule has 0 radical (unpaired) electrons. The normalized spacial score (nSPS) is 19.4. The number of hydrogen-bond acceptors (Lipinski definition) is 2. The average molecular weight is 425 g/mol. The van der Waals surface area contributed by atoms with Gasteiger partial charge in [-0.2, -0.15) is 13.2 Å². The van der Waals surface area contributed by atoms with Crippen molar-refractivity contribution in [1.29, 1.82) is 0 Å². The highest BCUT2D eigenvalue weighted by Gasteiger charge is 2.35. The minimum Gasteiger partial charge on any atom is -0.344 e. The van der Waals surface area contributed by atoms with Gasteiger partial charge < -0.3 is 10.2 Å². The number of hydrogen-bond donors (Lipinski definition) is 1. The number of carbonyl (C=O) groups excluding carboxylic acids is 1. The molecule has 0 bridgehead atoms. The topological polar surface area (TPSA) is 32.3 Å². The molecule has 1 aliphatic heterocycles. The molecule has 0 aliphatic carbocycles. The predicted octanol–water partition coefficient (Wildman–Crippen LogP) is 5.70. The Balaban J connectivity index is 1.93. The SMILES string of the molecule is CN1CCCCC[C@@H]1[C@H](NC(=O)c1cccc(C(F)(F)F)c1Cl)c1ccccc1. The van der Waals surface area contributed by atoms with Gasteiger partial charge in [0, 0.05) is 6.04 Å². The number of nitrogens with zero attached hydrogens (tertiary/aromatic N) is 1. The molecule has 0 unspecified atom stereocenters. The van der Waals surface area contributed by atoms with Gasteiger partial charge in [0.2, 0.25) is 0 Å². The quantitative estimate of drug-likeness (QED) is 0.682. The number of carbonyl (C=O) groups is 1. The van der Waals surface area contributed by atoms with E-state index in [2.05, 4.69) is 10.2 Å². The lowest BCUT2D eigenvalue weighted by atomic mass is 9.94. The van der Waals surface area contributed by atoms with Gasteiger partial charge in [0.1, 0.15) is 0 Å². The van der Waals surface area contributed by atoms with E-state index in [0.717, 1.165) is 43.9 Å². The molecule has 0 aromatic heterocycles. The van der Waals surface area contributed by atoms with Gasteiger partial charge in [0.05, 0.1) is 22.2 Å². The summed E-state index contributed by atoms with van der Waals surface area (Å²) in [6.07, 6.45) is -0.476. The summed E-state index contributed by atoms with van der Waals surface area (Å²) in [5, 5.41) is 2.39. The first-order chi connectivity index (χ1) is 13.8. The minimum atomic E-state index is -4.62. The van der Waals surface area contributed by atoms with Crippen LogP contribution in [0.2, 0.25) is 5.02 Å². The van der Waals surface area contributed by atoms with Gasteiger partial charge in [-0.15, -0.1) is 0 Å². The van der Waals surface area contributed by atoms with E-state index in [4.69, 9.17) is 11.6 Å². The molecule has 1 amide bonds. The molecule has 3 rings (SSSR count). The van der Waals surface area contributed by atoms with Gasteiger partial charge in [-0.25, -0.2) is 0 Å². The van der Waals surface area contributed by atoms with Crippen LogP contribution in [0.4, 0.5) is 13.2 Å². The molecule has 2 aromatic carbocycles. The van der Waals surface area contributed by atoms with Crippen LogP contribution < -0.4 is 5.32 Å². The van der Waals surface area contributed by atoms with Crippen LogP contribution >= 0.6 is 11.6 Å². The fraction of sp³-hybridized carbons (Fsp3) is 0.409. The van der Waals surface area contributed by atoms with Gasteiger partial charge in [-0.3, -0.25) is 4.79 Å². The van der Waals surface area contributed by atoms with Crippen LogP contribution in [0.15, 0.2) is 48.5 Å². The maximum absolute atomic E-state index is 13.2. The van der Waals surface area contributed by atoms with Crippen molar-refractivity contribution in [2.24, 2.45) is 0 Å². The second kappa shape index (κ2) is 9.18. The van der Waals surface area contributed by atoms with Crippen LogP contribution in [0.5, 0.6) is 0 Å². The molecule has 2 atom stereocenters. The Morgan fingerprint density at radius 2 is 1.83 bits per heavy atom. The first-order valence-electron chi connectivity index (χ1n) is 9.71. The van der Waals surface area contributed by atoms with Crippen molar-refractivity contribution < 1.29 is 18.0 Å². The lowest BCUT2D eigenvalue weighted by molar-refractivity contribution is -0.137. The molecule has 3 nitrogen and oxygen atoms in total. The smallest absolute Gasteiger partial charge is 0.344 e. The number of benzene rings is 2. The maximum Gasteiger partial charge on any atom is 0.417 e. The summed E-state index contributed by atoms with van der Waals surface area (Å²) in [7, 11) is 2.02. The van der Waals surface area contributed by atoms with Crippen molar-refractivity contribution in [2.45, 2.75) is 43.9 Å². The third-order valence-electron chi connectivity index (χ3n) is 5.46. The van der Waals surface area contributed by atoms with E-state index in [1.165, 1.54) is 12.1 Å². The second-order valence-corrected chi connectivity index (χ2v) is 7.80. The number of amides is 1. The highest BCUT2D eigenvalue weighted by atomic mass is 35.5. The van der Waals surface area contributed by atoms with E-state index < -0.39 is 22.7 Å². The lowest BCUT2D eigenvalue weighted by Crippen LogP contribution is -2.44. The fourth-order valence-electron chi connectivity index (χ4n) is 3.91. The Kier molecular flexibility index (Phi) is 6.85. The minimum absolute atomic E-state index is 0.0495. The second-order valence-electron chi connectivity index (χ2n) is 7.42. The average Bonchev–Trinajstić information content (AvgIpc) is 2.90. The van der Waals surface area contributed by atoms with Gasteiger partial charge in [0.25, 0.3) is 5.91 Å². The standard InChI is InChI=1S/C22H24ClF3N2O/c1-28-14-7-3-6-13-18(28)20(15-9-4-2-5-10-15)27-21(29)16-11-8-12-17(19(16)23)22(24,25)26/h2,4-5,8-12,18,20H,3,6-7,13-14H2,1H3,(H,27,29)/t18-,20-/m1/s1. The van der Waals surface area contributed by atoms with Crippen molar-refractivity contribution in [1.82, 2.24) is 10.2 Å². The van der Waals surface area contributed by atoms with Crippen LogP contribution in [-0.2, 0) is 6.18 Å². The summed E-state index contributed by atoms with van der Waals surface area (Å²) in [5.74, 6) is -0.604. The predicted molar refractivity (Wildman–Crippen MR) is 108 cm³/mol. The first-order valence-corrected chi connectivity index (χ1v) is 10.1. The van der Waals surface area contributed by atoms with Crippen LogP contribution in [-0.4, -0.2) is 30.4 Å². The monoisotopic (exact) mass is 424 g/mol. The Bertz CT molecular complexity index is 842. The summed E-state index contributed by atoms with van der Waals surface area (Å²) in [6.45, 7) is 0.911. The van der Waals surface area contributed by atoms with Gasteiger partial charge in [-0.1, -0.05) is 60.8 Å². The van der Waals surface area contributed by atoms with E-state index in [0.29, 0.717) is 0 Å². The molecule has 1 fully saturated rings. The van der Waals surface area contributed by atoms with E-state index in [9.17, 15) is 18.0 Å². The van der Waals surface area contributed by atoms with E-state index in [-0.39, 0.29) is 17.6 Å². The molecule has 0 spiro atoms. The van der Waals surface area contributed by atoms with Crippen LogP contribution in [0.3, 0.4) is 0 Å². The van der Waals surface area contributed by atoms with Crippen molar-refractivity contribution in [2.75, 3.05) is 13.6 Å². The lowest BCUT2D eigenvalue weighted by Gasteiger charge is -2.34. The number of likely N-dealkylation sites (tertiary alicyclic amines) is 1. The molecular formula is C22H24ClF3N2O. The third-order valence-corrected chi connectivity index (χ3v) is 5.86. The summed E-state index contributed by atoms with van der Waals surface area (Å²) in [5.41, 5.74) is -0.254. The van der Waals surface area contributed by atoms with E-state index >= 15 is 0 Å². The molecule has 1 aliphatic rings. The van der Waals surface area contributed by atoms with Crippen molar-refractivity contribution in [3.05, 3.63) is 70.2 Å². The summed E-state index contributed by atoms with van der Waals surface area (Å²) >= 11 is 5.97. The zero-order chi connectivity index (χ0) is 21.0. The number of rotatable bonds is 4. The summed E-state index contributed by atoms with van der Waals surface area (Å²) < 4.78 is 39.6. The molecule has 7 heteroatoms. The van der Waals surface area contributed by atoms with Gasteiger partial charge >= 0.3 is 6.18 Å². The van der Waals surface area contributed by atoms with E-state index in [1.54, 1.807) is 0 Å². The third kappa shape index (κ3) is 5.11. The zero-order valence-corrected chi connectivity index (χ0v) is 16.9. The number of alkyl halides is 3. The molecule has 1 heterocycles. The molecule has 156 valence electrons. The Morgan fingerprint density at radius 3 is 2.52 bits per heavy atom. The fourth-order valence-corrected chi connectivity index (χ4v) is 4.23. The molecule has 0 saturated carbocycles. The summed E-state index contributed by atoms with van der Waals surface area (Å²) in [6, 6.07) is 12.6. The number of likely N-dealkylation sites (N-methyl/N-ethyl adjacent to an activating group) is 1. The first kappa shape index (κ1) is 21.7. The number of halogens is 4. The number of nitrogens with one attached hydrogen (secondary N) is 1.